The maximum Gasteiger partial charge on any atom is 0.128 e. The van der Waals surface area contributed by atoms with Gasteiger partial charge in [-0.15, -0.1) is 0 Å². The Labute approximate surface area is 97.7 Å². The molecule has 0 radical (unpaired) electrons. The van der Waals surface area contributed by atoms with Gasteiger partial charge in [-0.25, -0.2) is 4.98 Å². The fraction of sp³-hybridized carbons (Fsp3) is 0.615. The topological polar surface area (TPSA) is 42.1 Å². The lowest BCUT2D eigenvalue weighted by Crippen LogP contribution is -2.38. The van der Waals surface area contributed by atoms with Crippen LogP contribution in [-0.2, 0) is 6.42 Å². The van der Waals surface area contributed by atoms with Gasteiger partial charge >= 0.3 is 0 Å². The van der Waals surface area contributed by atoms with E-state index in [1.54, 1.807) is 0 Å². The Balaban J connectivity index is 2.15. The highest BCUT2D eigenvalue weighted by Gasteiger charge is 2.32. The minimum atomic E-state index is 0.252. The van der Waals surface area contributed by atoms with Crippen LogP contribution in [0.5, 0.6) is 0 Å². The summed E-state index contributed by atoms with van der Waals surface area (Å²) < 4.78 is 0. The Morgan fingerprint density at radius 3 is 2.75 bits per heavy atom. The molecule has 1 saturated heterocycles. The highest BCUT2D eigenvalue weighted by molar-refractivity contribution is 5.43. The number of rotatable bonds is 3. The molecule has 2 N–H and O–H groups in total. The van der Waals surface area contributed by atoms with Crippen molar-refractivity contribution in [2.24, 2.45) is 5.73 Å². The van der Waals surface area contributed by atoms with Crippen molar-refractivity contribution in [1.82, 2.24) is 4.98 Å². The standard InChI is InChI=1S/C13H21N3/c1-13(2)7-3-9-16(13)12-5-4-11(6-8-14)10-15-12/h4-5,10H,3,6-9,14H2,1-2H3. The van der Waals surface area contributed by atoms with E-state index in [2.05, 4.69) is 35.9 Å². The molecule has 1 aliphatic rings. The molecule has 0 amide bonds. The van der Waals surface area contributed by atoms with Crippen LogP contribution in [0.25, 0.3) is 0 Å². The maximum atomic E-state index is 5.53. The van der Waals surface area contributed by atoms with Gasteiger partial charge in [0.1, 0.15) is 5.82 Å². The number of pyridine rings is 1. The average molecular weight is 219 g/mol. The van der Waals surface area contributed by atoms with Crippen LogP contribution in [0.4, 0.5) is 5.82 Å². The molecule has 2 heterocycles. The van der Waals surface area contributed by atoms with Crippen LogP contribution in [0.3, 0.4) is 0 Å². The molecule has 1 fully saturated rings. The summed E-state index contributed by atoms with van der Waals surface area (Å²) in [5.74, 6) is 1.10. The molecule has 0 aromatic carbocycles. The monoisotopic (exact) mass is 219 g/mol. The second-order valence-corrected chi connectivity index (χ2v) is 5.13. The smallest absolute Gasteiger partial charge is 0.128 e. The van der Waals surface area contributed by atoms with Crippen molar-refractivity contribution >= 4 is 5.82 Å². The van der Waals surface area contributed by atoms with E-state index >= 15 is 0 Å². The van der Waals surface area contributed by atoms with Crippen LogP contribution in [0.15, 0.2) is 18.3 Å². The van der Waals surface area contributed by atoms with Crippen LogP contribution in [0.2, 0.25) is 0 Å². The predicted octanol–water partition coefficient (Wildman–Crippen LogP) is 1.96. The molecular weight excluding hydrogens is 198 g/mol. The molecule has 0 spiro atoms. The highest BCUT2D eigenvalue weighted by Crippen LogP contribution is 2.32. The zero-order valence-electron chi connectivity index (χ0n) is 10.2. The number of anilines is 1. The lowest BCUT2D eigenvalue weighted by Gasteiger charge is -2.32. The molecule has 0 atom stereocenters. The first-order valence-corrected chi connectivity index (χ1v) is 6.06. The van der Waals surface area contributed by atoms with Gasteiger partial charge in [0, 0.05) is 18.3 Å². The normalized spacial score (nSPS) is 19.1. The molecule has 16 heavy (non-hydrogen) atoms. The number of hydrogen-bond donors (Lipinski definition) is 1. The second kappa shape index (κ2) is 4.42. The van der Waals surface area contributed by atoms with Gasteiger partial charge in [-0.05, 0) is 51.3 Å². The Morgan fingerprint density at radius 1 is 1.44 bits per heavy atom. The van der Waals surface area contributed by atoms with E-state index in [4.69, 9.17) is 5.73 Å². The Bertz CT molecular complexity index is 343. The van der Waals surface area contributed by atoms with Gasteiger partial charge in [-0.2, -0.15) is 0 Å². The zero-order chi connectivity index (χ0) is 11.6. The van der Waals surface area contributed by atoms with Crippen molar-refractivity contribution < 1.29 is 0 Å². The van der Waals surface area contributed by atoms with E-state index in [9.17, 15) is 0 Å². The minimum Gasteiger partial charge on any atom is -0.352 e. The molecule has 1 aromatic rings. The van der Waals surface area contributed by atoms with Crippen LogP contribution in [-0.4, -0.2) is 23.6 Å². The van der Waals surface area contributed by atoms with Crippen molar-refractivity contribution in [2.45, 2.75) is 38.6 Å². The third-order valence-electron chi connectivity index (χ3n) is 3.42. The van der Waals surface area contributed by atoms with Gasteiger partial charge in [0.15, 0.2) is 0 Å². The quantitative estimate of drug-likeness (QED) is 0.845. The molecule has 0 aliphatic carbocycles. The maximum absolute atomic E-state index is 5.53. The Morgan fingerprint density at radius 2 is 2.25 bits per heavy atom. The molecule has 0 unspecified atom stereocenters. The molecule has 3 nitrogen and oxygen atoms in total. The third-order valence-corrected chi connectivity index (χ3v) is 3.42. The van der Waals surface area contributed by atoms with Gasteiger partial charge in [0.05, 0.1) is 0 Å². The van der Waals surface area contributed by atoms with E-state index in [0.717, 1.165) is 18.8 Å². The van der Waals surface area contributed by atoms with E-state index in [0.29, 0.717) is 6.54 Å². The lowest BCUT2D eigenvalue weighted by atomic mass is 10.0. The van der Waals surface area contributed by atoms with Gasteiger partial charge in [0.25, 0.3) is 0 Å². The zero-order valence-corrected chi connectivity index (χ0v) is 10.2. The fourth-order valence-corrected chi connectivity index (χ4v) is 2.42. The number of aromatic nitrogens is 1. The van der Waals surface area contributed by atoms with Crippen molar-refractivity contribution in [3.63, 3.8) is 0 Å². The van der Waals surface area contributed by atoms with E-state index < -0.39 is 0 Å². The number of nitrogens with zero attached hydrogens (tertiary/aromatic N) is 2. The Kier molecular flexibility index (Phi) is 3.15. The summed E-state index contributed by atoms with van der Waals surface area (Å²) in [4.78, 5) is 6.95. The molecule has 1 aliphatic heterocycles. The molecule has 0 bridgehead atoms. The summed E-state index contributed by atoms with van der Waals surface area (Å²) in [5, 5.41) is 0. The molecule has 1 aromatic heterocycles. The summed E-state index contributed by atoms with van der Waals surface area (Å²) in [6.07, 6.45) is 5.38. The molecular formula is C13H21N3. The van der Waals surface area contributed by atoms with E-state index in [1.165, 1.54) is 18.4 Å². The molecule has 2 rings (SSSR count). The van der Waals surface area contributed by atoms with Crippen LogP contribution in [0, 0.1) is 0 Å². The first kappa shape index (κ1) is 11.4. The lowest BCUT2D eigenvalue weighted by molar-refractivity contribution is 0.514. The van der Waals surface area contributed by atoms with E-state index in [-0.39, 0.29) is 5.54 Å². The van der Waals surface area contributed by atoms with Crippen molar-refractivity contribution in [1.29, 1.82) is 0 Å². The minimum absolute atomic E-state index is 0.252. The van der Waals surface area contributed by atoms with E-state index in [1.807, 2.05) is 6.20 Å². The third kappa shape index (κ3) is 2.19. The summed E-state index contributed by atoms with van der Waals surface area (Å²) in [6.45, 7) is 6.39. The molecule has 3 heteroatoms. The summed E-state index contributed by atoms with van der Waals surface area (Å²) in [7, 11) is 0. The average Bonchev–Trinajstić information content (AvgIpc) is 2.60. The highest BCUT2D eigenvalue weighted by atomic mass is 15.3. The summed E-state index contributed by atoms with van der Waals surface area (Å²) >= 11 is 0. The Hall–Kier alpha value is -1.09. The number of hydrogen-bond acceptors (Lipinski definition) is 3. The van der Waals surface area contributed by atoms with Gasteiger partial charge in [-0.1, -0.05) is 6.07 Å². The van der Waals surface area contributed by atoms with Crippen molar-refractivity contribution in [3.05, 3.63) is 23.9 Å². The summed E-state index contributed by atoms with van der Waals surface area (Å²) in [5.41, 5.74) is 7.00. The fourth-order valence-electron chi connectivity index (χ4n) is 2.42. The molecule has 88 valence electrons. The predicted molar refractivity (Wildman–Crippen MR) is 67.7 cm³/mol. The largest absolute Gasteiger partial charge is 0.352 e. The van der Waals surface area contributed by atoms with Crippen LogP contribution >= 0.6 is 0 Å². The SMILES string of the molecule is CC1(C)CCCN1c1ccc(CCN)cn1. The van der Waals surface area contributed by atoms with Crippen LogP contribution in [0.1, 0.15) is 32.3 Å². The van der Waals surface area contributed by atoms with Gasteiger partial charge in [0.2, 0.25) is 0 Å². The number of nitrogens with two attached hydrogens (primary N) is 1. The first-order valence-electron chi connectivity index (χ1n) is 6.06. The first-order chi connectivity index (χ1) is 7.63. The molecule has 0 saturated carbocycles. The second-order valence-electron chi connectivity index (χ2n) is 5.13. The van der Waals surface area contributed by atoms with Gasteiger partial charge in [-0.3, -0.25) is 0 Å². The van der Waals surface area contributed by atoms with Crippen LogP contribution < -0.4 is 10.6 Å². The summed E-state index contributed by atoms with van der Waals surface area (Å²) in [6, 6.07) is 4.27. The van der Waals surface area contributed by atoms with Crippen molar-refractivity contribution in [3.8, 4) is 0 Å². The van der Waals surface area contributed by atoms with Gasteiger partial charge < -0.3 is 10.6 Å². The van der Waals surface area contributed by atoms with Crippen molar-refractivity contribution in [2.75, 3.05) is 18.0 Å².